The molecule has 4 heterocycles. The summed E-state index contributed by atoms with van der Waals surface area (Å²) in [7, 11) is 0. The lowest BCUT2D eigenvalue weighted by atomic mass is 9.94. The number of halogens is 1. The molecule has 0 bridgehead atoms. The number of aromatic nitrogens is 3. The molecule has 5 heteroatoms. The van der Waals surface area contributed by atoms with Gasteiger partial charge < -0.3 is 10.3 Å². The molecular weight excluding hydrogens is 332 g/mol. The molecule has 1 fully saturated rings. The molecule has 5 rings (SSSR count). The highest BCUT2D eigenvalue weighted by Gasteiger charge is 2.19. The monoisotopic (exact) mass is 348 g/mol. The van der Waals surface area contributed by atoms with Crippen LogP contribution in [0.15, 0.2) is 49.1 Å². The van der Waals surface area contributed by atoms with Crippen LogP contribution in [0, 0.1) is 0 Å². The van der Waals surface area contributed by atoms with Crippen molar-refractivity contribution in [1.29, 1.82) is 0 Å². The van der Waals surface area contributed by atoms with E-state index in [4.69, 9.17) is 11.6 Å². The number of rotatable bonds is 2. The zero-order valence-corrected chi connectivity index (χ0v) is 14.3. The van der Waals surface area contributed by atoms with Crippen LogP contribution < -0.4 is 5.32 Å². The number of aromatic amines is 1. The number of pyridine rings is 2. The van der Waals surface area contributed by atoms with Crippen LogP contribution in [0.5, 0.6) is 0 Å². The smallest absolute Gasteiger partial charge is 0.138 e. The summed E-state index contributed by atoms with van der Waals surface area (Å²) in [4.78, 5) is 11.9. The first-order valence-electron chi connectivity index (χ1n) is 8.54. The van der Waals surface area contributed by atoms with Crippen molar-refractivity contribution < 1.29 is 0 Å². The van der Waals surface area contributed by atoms with E-state index in [9.17, 15) is 0 Å². The molecule has 1 saturated heterocycles. The summed E-state index contributed by atoms with van der Waals surface area (Å²) in [5, 5.41) is 7.69. The zero-order valence-electron chi connectivity index (χ0n) is 13.6. The summed E-state index contributed by atoms with van der Waals surface area (Å²) in [6.45, 7) is 1.07. The second-order valence-corrected chi connectivity index (χ2v) is 6.98. The van der Waals surface area contributed by atoms with Crippen molar-refractivity contribution in [3.05, 3.63) is 59.6 Å². The molecule has 0 radical (unpaired) electrons. The van der Waals surface area contributed by atoms with E-state index in [1.54, 1.807) is 6.20 Å². The average Bonchev–Trinajstić information content (AvgIpc) is 3.31. The molecule has 1 aliphatic heterocycles. The molecule has 1 atom stereocenters. The summed E-state index contributed by atoms with van der Waals surface area (Å²) in [5.74, 6) is 0. The van der Waals surface area contributed by atoms with Crippen LogP contribution in [0.4, 0.5) is 0 Å². The highest BCUT2D eigenvalue weighted by Crippen LogP contribution is 2.35. The van der Waals surface area contributed by atoms with E-state index in [0.717, 1.165) is 35.1 Å². The first kappa shape index (κ1) is 14.9. The van der Waals surface area contributed by atoms with Crippen molar-refractivity contribution in [2.75, 3.05) is 6.54 Å². The lowest BCUT2D eigenvalue weighted by Crippen LogP contribution is -2.13. The van der Waals surface area contributed by atoms with Crippen LogP contribution in [0.25, 0.3) is 32.9 Å². The molecule has 4 aromatic rings. The molecule has 3 aromatic heterocycles. The number of fused-ring (bicyclic) bond motifs is 2. The third-order valence-corrected chi connectivity index (χ3v) is 5.35. The number of H-pyrrole nitrogens is 1. The first-order valence-corrected chi connectivity index (χ1v) is 8.91. The third-order valence-electron chi connectivity index (χ3n) is 5.04. The van der Waals surface area contributed by atoms with Gasteiger partial charge in [-0.3, -0.25) is 4.98 Å². The molecular formula is C20H17ClN4. The van der Waals surface area contributed by atoms with E-state index in [1.807, 2.05) is 18.6 Å². The molecule has 1 aromatic carbocycles. The van der Waals surface area contributed by atoms with Crippen LogP contribution >= 0.6 is 11.6 Å². The van der Waals surface area contributed by atoms with Gasteiger partial charge in [0, 0.05) is 47.2 Å². The van der Waals surface area contributed by atoms with Crippen LogP contribution in [0.2, 0.25) is 5.02 Å². The van der Waals surface area contributed by atoms with Gasteiger partial charge in [-0.2, -0.15) is 0 Å². The fourth-order valence-electron chi connectivity index (χ4n) is 3.76. The Kier molecular flexibility index (Phi) is 3.47. The quantitative estimate of drug-likeness (QED) is 0.544. The van der Waals surface area contributed by atoms with E-state index in [0.29, 0.717) is 11.1 Å². The summed E-state index contributed by atoms with van der Waals surface area (Å²) < 4.78 is 0. The lowest BCUT2D eigenvalue weighted by Gasteiger charge is -2.16. The van der Waals surface area contributed by atoms with Crippen LogP contribution in [-0.2, 0) is 0 Å². The zero-order chi connectivity index (χ0) is 16.8. The van der Waals surface area contributed by atoms with Crippen molar-refractivity contribution >= 4 is 33.4 Å². The van der Waals surface area contributed by atoms with Crippen molar-refractivity contribution in [1.82, 2.24) is 20.3 Å². The normalized spacial score (nSPS) is 17.6. The van der Waals surface area contributed by atoms with Crippen molar-refractivity contribution in [3.8, 4) is 11.1 Å². The Hall–Kier alpha value is -2.43. The Labute approximate surface area is 150 Å². The van der Waals surface area contributed by atoms with Gasteiger partial charge in [0.15, 0.2) is 0 Å². The number of nitrogens with one attached hydrogen (secondary N) is 2. The largest absolute Gasteiger partial charge is 0.345 e. The molecule has 2 N–H and O–H groups in total. The van der Waals surface area contributed by atoms with E-state index in [1.165, 1.54) is 22.8 Å². The van der Waals surface area contributed by atoms with Crippen LogP contribution in [0.1, 0.15) is 24.4 Å². The second kappa shape index (κ2) is 5.83. The Morgan fingerprint density at radius 2 is 2.04 bits per heavy atom. The van der Waals surface area contributed by atoms with Gasteiger partial charge in [0.2, 0.25) is 0 Å². The van der Waals surface area contributed by atoms with Gasteiger partial charge in [0.05, 0.1) is 5.02 Å². The maximum absolute atomic E-state index is 6.27. The third kappa shape index (κ3) is 2.49. The Balaban J connectivity index is 1.73. The van der Waals surface area contributed by atoms with Crippen LogP contribution in [0.3, 0.4) is 0 Å². The highest BCUT2D eigenvalue weighted by atomic mass is 35.5. The highest BCUT2D eigenvalue weighted by molar-refractivity contribution is 6.35. The van der Waals surface area contributed by atoms with E-state index < -0.39 is 0 Å². The Morgan fingerprint density at radius 3 is 2.92 bits per heavy atom. The molecule has 0 spiro atoms. The predicted octanol–water partition coefficient (Wildman–Crippen LogP) is 4.86. The van der Waals surface area contributed by atoms with Crippen molar-refractivity contribution in [3.63, 3.8) is 0 Å². The maximum Gasteiger partial charge on any atom is 0.138 e. The number of nitrogens with zero attached hydrogens (tertiary/aromatic N) is 2. The molecule has 4 nitrogen and oxygen atoms in total. The molecule has 1 unspecified atom stereocenters. The molecule has 1 aliphatic rings. The Bertz CT molecular complexity index is 1080. The van der Waals surface area contributed by atoms with Crippen molar-refractivity contribution in [2.24, 2.45) is 0 Å². The van der Waals surface area contributed by atoms with Gasteiger partial charge in [-0.15, -0.1) is 0 Å². The van der Waals surface area contributed by atoms with Gasteiger partial charge >= 0.3 is 0 Å². The minimum absolute atomic E-state index is 0.388. The van der Waals surface area contributed by atoms with Crippen LogP contribution in [-0.4, -0.2) is 21.5 Å². The average molecular weight is 349 g/mol. The van der Waals surface area contributed by atoms with E-state index >= 15 is 0 Å². The SMILES string of the molecule is Clc1c[nH]c2ncc(-c3cc(C4CCCN4)c4cnccc4c3)cc12. The fraction of sp³-hybridized carbons (Fsp3) is 0.200. The van der Waals surface area contributed by atoms with Crippen molar-refractivity contribution in [2.45, 2.75) is 18.9 Å². The minimum atomic E-state index is 0.388. The fourth-order valence-corrected chi connectivity index (χ4v) is 3.96. The number of benzene rings is 1. The second-order valence-electron chi connectivity index (χ2n) is 6.57. The molecule has 25 heavy (non-hydrogen) atoms. The van der Waals surface area contributed by atoms with Gasteiger partial charge in [-0.25, -0.2) is 4.98 Å². The number of hydrogen-bond donors (Lipinski definition) is 2. The molecule has 0 amide bonds. The summed E-state index contributed by atoms with van der Waals surface area (Å²) in [6.07, 6.45) is 9.88. The molecule has 0 aliphatic carbocycles. The minimum Gasteiger partial charge on any atom is -0.345 e. The van der Waals surface area contributed by atoms with Gasteiger partial charge in [-0.1, -0.05) is 11.6 Å². The van der Waals surface area contributed by atoms with E-state index in [2.05, 4.69) is 44.5 Å². The van der Waals surface area contributed by atoms with Gasteiger partial charge in [0.1, 0.15) is 5.65 Å². The maximum atomic E-state index is 6.27. The van der Waals surface area contributed by atoms with E-state index in [-0.39, 0.29) is 0 Å². The predicted molar refractivity (Wildman–Crippen MR) is 102 cm³/mol. The van der Waals surface area contributed by atoms with Gasteiger partial charge in [0.25, 0.3) is 0 Å². The van der Waals surface area contributed by atoms with Gasteiger partial charge in [-0.05, 0) is 60.2 Å². The lowest BCUT2D eigenvalue weighted by molar-refractivity contribution is 0.653. The summed E-state index contributed by atoms with van der Waals surface area (Å²) >= 11 is 6.27. The molecule has 0 saturated carbocycles. The first-order chi connectivity index (χ1) is 12.3. The number of hydrogen-bond acceptors (Lipinski definition) is 3. The molecule has 124 valence electrons. The standard InChI is InChI=1S/C20H17ClN4/c21-18-11-25-20-16(18)8-14(9-24-20)13-6-12-3-5-22-10-17(12)15(7-13)19-2-1-4-23-19/h3,5-11,19,23H,1-2,4H2,(H,24,25). The Morgan fingerprint density at radius 1 is 1.08 bits per heavy atom. The topological polar surface area (TPSA) is 53.6 Å². The summed E-state index contributed by atoms with van der Waals surface area (Å²) in [5.41, 5.74) is 4.37. The summed E-state index contributed by atoms with van der Waals surface area (Å²) in [6, 6.07) is 9.05.